The summed E-state index contributed by atoms with van der Waals surface area (Å²) in [6.07, 6.45) is 5.25. The van der Waals surface area contributed by atoms with Crippen molar-refractivity contribution in [3.8, 4) is 5.75 Å². The molecule has 1 aliphatic carbocycles. The Morgan fingerprint density at radius 3 is 2.88 bits per heavy atom. The van der Waals surface area contributed by atoms with Crippen LogP contribution in [-0.2, 0) is 6.54 Å². The molecule has 88 valence electrons. The van der Waals surface area contributed by atoms with Crippen molar-refractivity contribution in [3.05, 3.63) is 29.8 Å². The van der Waals surface area contributed by atoms with Gasteiger partial charge in [0, 0.05) is 18.2 Å². The van der Waals surface area contributed by atoms with E-state index in [-0.39, 0.29) is 0 Å². The number of phenols is 1. The van der Waals surface area contributed by atoms with Crippen molar-refractivity contribution in [1.29, 1.82) is 0 Å². The Bertz CT molecular complexity index is 337. The molecule has 0 amide bonds. The summed E-state index contributed by atoms with van der Waals surface area (Å²) in [5.74, 6) is 1.23. The molecule has 1 aliphatic rings. The van der Waals surface area contributed by atoms with Crippen LogP contribution in [0.5, 0.6) is 5.75 Å². The van der Waals surface area contributed by atoms with Crippen LogP contribution in [-0.4, -0.2) is 11.1 Å². The first-order chi connectivity index (χ1) is 7.81. The van der Waals surface area contributed by atoms with Crippen molar-refractivity contribution in [2.75, 3.05) is 0 Å². The maximum atomic E-state index is 9.67. The van der Waals surface area contributed by atoms with E-state index in [9.17, 15) is 5.11 Å². The van der Waals surface area contributed by atoms with Gasteiger partial charge in [-0.15, -0.1) is 0 Å². The predicted octanol–water partition coefficient (Wildman–Crippen LogP) is 3.06. The molecule has 2 unspecified atom stereocenters. The molecule has 0 aliphatic heterocycles. The summed E-state index contributed by atoms with van der Waals surface area (Å²) in [5.41, 5.74) is 1.00. The Balaban J connectivity index is 1.90. The highest BCUT2D eigenvalue weighted by Gasteiger charge is 2.24. The van der Waals surface area contributed by atoms with E-state index in [4.69, 9.17) is 0 Å². The van der Waals surface area contributed by atoms with Gasteiger partial charge < -0.3 is 10.4 Å². The van der Waals surface area contributed by atoms with E-state index >= 15 is 0 Å². The number of para-hydroxylation sites is 1. The average Bonchev–Trinajstić information content (AvgIpc) is 2.75. The summed E-state index contributed by atoms with van der Waals surface area (Å²) in [4.78, 5) is 0. The molecule has 1 aromatic carbocycles. The minimum absolute atomic E-state index is 0.404. The largest absolute Gasteiger partial charge is 0.508 e. The highest BCUT2D eigenvalue weighted by atomic mass is 16.3. The zero-order chi connectivity index (χ0) is 11.4. The molecule has 0 saturated heterocycles. The van der Waals surface area contributed by atoms with Crippen molar-refractivity contribution >= 4 is 0 Å². The summed E-state index contributed by atoms with van der Waals surface area (Å²) in [7, 11) is 0. The average molecular weight is 219 g/mol. The van der Waals surface area contributed by atoms with Crippen molar-refractivity contribution in [2.24, 2.45) is 5.92 Å². The molecule has 0 heterocycles. The Labute approximate surface area is 97.7 Å². The topological polar surface area (TPSA) is 32.3 Å². The van der Waals surface area contributed by atoms with Gasteiger partial charge in [-0.05, 0) is 24.8 Å². The third-order valence-electron chi connectivity index (χ3n) is 3.73. The molecular formula is C14H21NO. The molecule has 1 aromatic rings. The van der Waals surface area contributed by atoms with E-state index in [0.717, 1.165) is 18.0 Å². The standard InChI is InChI=1S/C14H21NO/c1-2-11-7-5-8-13(11)15-10-12-6-3-4-9-14(12)16/h3-4,6,9,11,13,15-16H,2,5,7-8,10H2,1H3. The highest BCUT2D eigenvalue weighted by molar-refractivity contribution is 5.31. The van der Waals surface area contributed by atoms with E-state index < -0.39 is 0 Å². The summed E-state index contributed by atoms with van der Waals surface area (Å²) in [6, 6.07) is 8.22. The monoisotopic (exact) mass is 219 g/mol. The first kappa shape index (κ1) is 11.5. The lowest BCUT2D eigenvalue weighted by Crippen LogP contribution is -2.31. The molecule has 2 rings (SSSR count). The molecule has 16 heavy (non-hydrogen) atoms. The van der Waals surface area contributed by atoms with Gasteiger partial charge in [0.25, 0.3) is 0 Å². The third-order valence-corrected chi connectivity index (χ3v) is 3.73. The first-order valence-electron chi connectivity index (χ1n) is 6.31. The second kappa shape index (κ2) is 5.35. The van der Waals surface area contributed by atoms with Crippen LogP contribution < -0.4 is 5.32 Å². The number of hydrogen-bond donors (Lipinski definition) is 2. The molecule has 2 nitrogen and oxygen atoms in total. The van der Waals surface area contributed by atoms with Gasteiger partial charge >= 0.3 is 0 Å². The molecule has 0 spiro atoms. The molecule has 0 radical (unpaired) electrons. The van der Waals surface area contributed by atoms with E-state index in [2.05, 4.69) is 12.2 Å². The van der Waals surface area contributed by atoms with Gasteiger partial charge in [0.1, 0.15) is 5.75 Å². The lowest BCUT2D eigenvalue weighted by molar-refractivity contribution is 0.384. The van der Waals surface area contributed by atoms with Crippen LogP contribution >= 0.6 is 0 Å². The third kappa shape index (κ3) is 2.56. The van der Waals surface area contributed by atoms with Crippen LogP contribution in [0.1, 0.15) is 38.2 Å². The molecule has 0 aromatic heterocycles. The van der Waals surface area contributed by atoms with E-state index in [0.29, 0.717) is 11.8 Å². The van der Waals surface area contributed by atoms with Crippen molar-refractivity contribution in [1.82, 2.24) is 5.32 Å². The van der Waals surface area contributed by atoms with Crippen LogP contribution in [0, 0.1) is 5.92 Å². The second-order valence-corrected chi connectivity index (χ2v) is 4.72. The fourth-order valence-electron chi connectivity index (χ4n) is 2.70. The molecule has 1 fully saturated rings. The number of aromatic hydroxyl groups is 1. The van der Waals surface area contributed by atoms with Crippen molar-refractivity contribution in [3.63, 3.8) is 0 Å². The Hall–Kier alpha value is -1.02. The number of nitrogens with one attached hydrogen (secondary N) is 1. The molecular weight excluding hydrogens is 198 g/mol. The molecule has 2 atom stereocenters. The van der Waals surface area contributed by atoms with Crippen LogP contribution in [0.3, 0.4) is 0 Å². The SMILES string of the molecule is CCC1CCCC1NCc1ccccc1O. The van der Waals surface area contributed by atoms with Gasteiger partial charge in [-0.25, -0.2) is 0 Å². The Morgan fingerprint density at radius 1 is 1.31 bits per heavy atom. The second-order valence-electron chi connectivity index (χ2n) is 4.72. The highest BCUT2D eigenvalue weighted by Crippen LogP contribution is 2.28. The van der Waals surface area contributed by atoms with Gasteiger partial charge in [-0.1, -0.05) is 38.0 Å². The maximum absolute atomic E-state index is 9.67. The minimum atomic E-state index is 0.404. The van der Waals surface area contributed by atoms with E-state index in [1.807, 2.05) is 18.2 Å². The predicted molar refractivity (Wildman–Crippen MR) is 66.4 cm³/mol. The van der Waals surface area contributed by atoms with Crippen molar-refractivity contribution in [2.45, 2.75) is 45.2 Å². The number of rotatable bonds is 4. The lowest BCUT2D eigenvalue weighted by Gasteiger charge is -2.19. The normalized spacial score (nSPS) is 24.8. The number of hydrogen-bond acceptors (Lipinski definition) is 2. The van der Waals surface area contributed by atoms with Gasteiger partial charge in [0.15, 0.2) is 0 Å². The molecule has 1 saturated carbocycles. The summed E-state index contributed by atoms with van der Waals surface area (Å²) in [6.45, 7) is 3.05. The van der Waals surface area contributed by atoms with Crippen LogP contribution in [0.4, 0.5) is 0 Å². The van der Waals surface area contributed by atoms with E-state index in [1.165, 1.54) is 25.7 Å². The molecule has 2 heteroatoms. The quantitative estimate of drug-likeness (QED) is 0.815. The smallest absolute Gasteiger partial charge is 0.120 e. The first-order valence-corrected chi connectivity index (χ1v) is 6.31. The van der Waals surface area contributed by atoms with Crippen LogP contribution in [0.25, 0.3) is 0 Å². The van der Waals surface area contributed by atoms with Gasteiger partial charge in [0.05, 0.1) is 0 Å². The minimum Gasteiger partial charge on any atom is -0.508 e. The summed E-state index contributed by atoms with van der Waals surface area (Å²) in [5, 5.41) is 13.2. The number of benzene rings is 1. The van der Waals surface area contributed by atoms with Gasteiger partial charge in [0.2, 0.25) is 0 Å². The fourth-order valence-corrected chi connectivity index (χ4v) is 2.70. The molecule has 0 bridgehead atoms. The Kier molecular flexibility index (Phi) is 3.83. The zero-order valence-electron chi connectivity index (χ0n) is 9.95. The summed E-state index contributed by atoms with van der Waals surface area (Å²) >= 11 is 0. The van der Waals surface area contributed by atoms with Crippen molar-refractivity contribution < 1.29 is 5.11 Å². The van der Waals surface area contributed by atoms with Crippen LogP contribution in [0.2, 0.25) is 0 Å². The zero-order valence-corrected chi connectivity index (χ0v) is 9.95. The summed E-state index contributed by atoms with van der Waals surface area (Å²) < 4.78 is 0. The van der Waals surface area contributed by atoms with Gasteiger partial charge in [-0.3, -0.25) is 0 Å². The van der Waals surface area contributed by atoms with E-state index in [1.54, 1.807) is 6.07 Å². The maximum Gasteiger partial charge on any atom is 0.120 e. The van der Waals surface area contributed by atoms with Gasteiger partial charge in [-0.2, -0.15) is 0 Å². The lowest BCUT2D eigenvalue weighted by atomic mass is 10.0. The molecule has 2 N–H and O–H groups in total. The fraction of sp³-hybridized carbons (Fsp3) is 0.571. The van der Waals surface area contributed by atoms with Crippen LogP contribution in [0.15, 0.2) is 24.3 Å². The number of phenolic OH excluding ortho intramolecular Hbond substituents is 1. The Morgan fingerprint density at radius 2 is 2.12 bits per heavy atom.